The van der Waals surface area contributed by atoms with Crippen molar-refractivity contribution in [3.63, 3.8) is 0 Å². The van der Waals surface area contributed by atoms with E-state index < -0.39 is 0 Å². The Morgan fingerprint density at radius 2 is 2.00 bits per heavy atom. The predicted octanol–water partition coefficient (Wildman–Crippen LogP) is -0.659. The van der Waals surface area contributed by atoms with Gasteiger partial charge in [0.05, 0.1) is 13.3 Å². The van der Waals surface area contributed by atoms with E-state index in [0.717, 1.165) is 0 Å². The van der Waals surface area contributed by atoms with Crippen LogP contribution in [0.1, 0.15) is 0 Å². The molecule has 0 bridgehead atoms. The zero-order valence-electron chi connectivity index (χ0n) is 6.09. The summed E-state index contributed by atoms with van der Waals surface area (Å²) < 4.78 is 0.163. The number of rotatable bonds is 2. The molecule has 0 amide bonds. The van der Waals surface area contributed by atoms with Gasteiger partial charge >= 0.3 is 0 Å². The zero-order valence-corrected chi connectivity index (χ0v) is 6.09. The van der Waals surface area contributed by atoms with Crippen molar-refractivity contribution in [2.45, 2.75) is 0 Å². The van der Waals surface area contributed by atoms with Crippen molar-refractivity contribution in [1.29, 1.82) is 0 Å². The zero-order chi connectivity index (χ0) is 7.49. The molecule has 0 saturated heterocycles. The van der Waals surface area contributed by atoms with E-state index in [0.29, 0.717) is 5.82 Å². The summed E-state index contributed by atoms with van der Waals surface area (Å²) in [4.78, 5) is 4.95. The summed E-state index contributed by atoms with van der Waals surface area (Å²) in [5.74, 6) is 0.484. The first-order chi connectivity index (χ1) is 4.04. The lowest BCUT2D eigenvalue weighted by atomic mass is 10.6. The van der Waals surface area contributed by atoms with E-state index in [2.05, 4.69) is 0 Å². The van der Waals surface area contributed by atoms with E-state index in [1.54, 1.807) is 21.2 Å². The molecule has 0 atom stereocenters. The van der Waals surface area contributed by atoms with Crippen LogP contribution in [0.3, 0.4) is 0 Å². The minimum Gasteiger partial charge on any atom is -0.398 e. The first kappa shape index (κ1) is 8.26. The van der Waals surface area contributed by atoms with Gasteiger partial charge < -0.3 is 11.5 Å². The molecule has 4 heteroatoms. The van der Waals surface area contributed by atoms with Gasteiger partial charge in [-0.2, -0.15) is 4.84 Å². The fourth-order valence-electron chi connectivity index (χ4n) is 0.285. The highest BCUT2D eigenvalue weighted by Crippen LogP contribution is 2.02. The summed E-state index contributed by atoms with van der Waals surface area (Å²) in [6.07, 6.45) is 1.32. The van der Waals surface area contributed by atoms with Gasteiger partial charge in [0.25, 0.3) is 0 Å². The molecule has 4 N–H and O–H groups in total. The van der Waals surface area contributed by atoms with Gasteiger partial charge in [0.1, 0.15) is 14.1 Å². The third kappa shape index (κ3) is 1.91. The van der Waals surface area contributed by atoms with Crippen LogP contribution < -0.4 is 11.5 Å². The van der Waals surface area contributed by atoms with Crippen molar-refractivity contribution >= 4 is 0 Å². The Balaban J connectivity index is 4.14. The normalized spacial score (nSPS) is 13.9. The van der Waals surface area contributed by atoms with Crippen LogP contribution in [0.2, 0.25) is 0 Å². The first-order valence-electron chi connectivity index (χ1n) is 2.62. The molecule has 0 spiro atoms. The maximum absolute atomic E-state index is 5.44. The number of hydrogen-bond donors (Lipinski definition) is 2. The lowest BCUT2D eigenvalue weighted by Crippen LogP contribution is -2.41. The molecule has 0 aliphatic carbocycles. The molecule has 0 radical (unpaired) electrons. The van der Waals surface area contributed by atoms with Gasteiger partial charge in [-0.05, 0) is 0 Å². The topological polar surface area (TPSA) is 61.3 Å². The molecule has 0 saturated carbocycles. The van der Waals surface area contributed by atoms with Gasteiger partial charge in [-0.25, -0.2) is 0 Å². The van der Waals surface area contributed by atoms with Crippen molar-refractivity contribution in [3.05, 3.63) is 12.0 Å². The molecule has 0 aromatic carbocycles. The Labute approximate surface area is 55.2 Å². The van der Waals surface area contributed by atoms with E-state index in [1.165, 1.54) is 6.20 Å². The molecule has 0 aromatic rings. The standard InChI is InChI=1S/C5H14N3O/c1-8(2,9-3)5(7)4-6/h4H,6-7H2,1-3H3/q+1/b5-4+. The van der Waals surface area contributed by atoms with Crippen LogP contribution >= 0.6 is 0 Å². The summed E-state index contributed by atoms with van der Waals surface area (Å²) in [5.41, 5.74) is 10.6. The molecular weight excluding hydrogens is 118 g/mol. The summed E-state index contributed by atoms with van der Waals surface area (Å²) in [5, 5.41) is 0. The van der Waals surface area contributed by atoms with E-state index in [4.69, 9.17) is 16.3 Å². The van der Waals surface area contributed by atoms with Crippen molar-refractivity contribution in [2.24, 2.45) is 11.5 Å². The van der Waals surface area contributed by atoms with Crippen LogP contribution in [0, 0.1) is 0 Å². The minimum atomic E-state index is 0.163. The molecule has 0 rings (SSSR count). The molecule has 0 unspecified atom stereocenters. The highest BCUT2D eigenvalue weighted by Gasteiger charge is 2.17. The van der Waals surface area contributed by atoms with Gasteiger partial charge in [0.15, 0.2) is 0 Å². The number of nitrogens with zero attached hydrogens (tertiary/aromatic N) is 1. The van der Waals surface area contributed by atoms with Crippen molar-refractivity contribution in [3.8, 4) is 0 Å². The van der Waals surface area contributed by atoms with Gasteiger partial charge in [-0.1, -0.05) is 0 Å². The lowest BCUT2D eigenvalue weighted by Gasteiger charge is -2.23. The van der Waals surface area contributed by atoms with Crippen molar-refractivity contribution in [2.75, 3.05) is 21.2 Å². The molecule has 0 aliphatic heterocycles. The Morgan fingerprint density at radius 1 is 1.56 bits per heavy atom. The highest BCUT2D eigenvalue weighted by molar-refractivity contribution is 4.79. The second kappa shape index (κ2) is 2.70. The molecule has 0 heterocycles. The monoisotopic (exact) mass is 132 g/mol. The lowest BCUT2D eigenvalue weighted by molar-refractivity contribution is -1.04. The Kier molecular flexibility index (Phi) is 2.48. The van der Waals surface area contributed by atoms with Crippen LogP contribution in [0.25, 0.3) is 0 Å². The van der Waals surface area contributed by atoms with Crippen LogP contribution in [0.15, 0.2) is 12.0 Å². The second-order valence-corrected chi connectivity index (χ2v) is 2.12. The summed E-state index contributed by atoms with van der Waals surface area (Å²) in [6, 6.07) is 0. The van der Waals surface area contributed by atoms with Gasteiger partial charge in [0.2, 0.25) is 5.82 Å². The quantitative estimate of drug-likeness (QED) is 0.387. The average Bonchev–Trinajstić information content (AvgIpc) is 1.86. The minimum absolute atomic E-state index is 0.163. The number of nitrogens with two attached hydrogens (primary N) is 2. The van der Waals surface area contributed by atoms with E-state index in [-0.39, 0.29) is 4.65 Å². The van der Waals surface area contributed by atoms with Crippen molar-refractivity contribution in [1.82, 2.24) is 0 Å². The highest BCUT2D eigenvalue weighted by atomic mass is 16.7. The summed E-state index contributed by atoms with van der Waals surface area (Å²) in [6.45, 7) is 0. The van der Waals surface area contributed by atoms with Gasteiger partial charge in [-0.3, -0.25) is 0 Å². The Hall–Kier alpha value is -0.740. The van der Waals surface area contributed by atoms with Crippen molar-refractivity contribution < 1.29 is 9.48 Å². The average molecular weight is 132 g/mol. The van der Waals surface area contributed by atoms with Crippen LogP contribution in [-0.4, -0.2) is 25.9 Å². The molecule has 9 heavy (non-hydrogen) atoms. The van der Waals surface area contributed by atoms with E-state index in [9.17, 15) is 0 Å². The first-order valence-corrected chi connectivity index (χ1v) is 2.62. The summed E-state index contributed by atoms with van der Waals surface area (Å²) in [7, 11) is 5.15. The maximum Gasteiger partial charge on any atom is 0.247 e. The van der Waals surface area contributed by atoms with Crippen LogP contribution in [0.4, 0.5) is 0 Å². The van der Waals surface area contributed by atoms with E-state index in [1.807, 2.05) is 0 Å². The van der Waals surface area contributed by atoms with Crippen LogP contribution in [0.5, 0.6) is 0 Å². The second-order valence-electron chi connectivity index (χ2n) is 2.12. The van der Waals surface area contributed by atoms with E-state index >= 15 is 0 Å². The smallest absolute Gasteiger partial charge is 0.247 e. The summed E-state index contributed by atoms with van der Waals surface area (Å²) >= 11 is 0. The third-order valence-electron chi connectivity index (χ3n) is 1.25. The fraction of sp³-hybridized carbons (Fsp3) is 0.600. The predicted molar refractivity (Wildman–Crippen MR) is 35.6 cm³/mol. The molecule has 0 aliphatic rings. The number of hydroxylamine groups is 3. The molecule has 54 valence electrons. The Bertz CT molecular complexity index is 119. The number of hydrogen-bond acceptors (Lipinski definition) is 3. The SMILES string of the molecule is CO[N+](C)(C)/C(N)=C/N. The van der Waals surface area contributed by atoms with Gasteiger partial charge in [-0.15, -0.1) is 4.65 Å². The molecule has 0 aromatic heterocycles. The van der Waals surface area contributed by atoms with Gasteiger partial charge in [0, 0.05) is 0 Å². The van der Waals surface area contributed by atoms with Crippen LogP contribution in [-0.2, 0) is 4.84 Å². The third-order valence-corrected chi connectivity index (χ3v) is 1.25. The largest absolute Gasteiger partial charge is 0.398 e. The number of quaternary nitrogens is 1. The molecule has 4 nitrogen and oxygen atoms in total. The molecule has 0 fully saturated rings. The Morgan fingerprint density at radius 3 is 2.11 bits per heavy atom. The molecular formula is C5H14N3O+. The fourth-order valence-corrected chi connectivity index (χ4v) is 0.285. The maximum atomic E-state index is 5.44.